The highest BCUT2D eigenvalue weighted by atomic mass is 16.2. The number of carbonyl (C=O) groups excluding carboxylic acids is 1. The van der Waals surface area contributed by atoms with Gasteiger partial charge in [0.1, 0.15) is 0 Å². The molecule has 4 nitrogen and oxygen atoms in total. The first-order valence-electron chi connectivity index (χ1n) is 8.66. The number of hydrogen-bond acceptors (Lipinski definition) is 2. The second-order valence-corrected chi connectivity index (χ2v) is 6.39. The number of amides is 2. The minimum absolute atomic E-state index is 0.178. The summed E-state index contributed by atoms with van der Waals surface area (Å²) in [6, 6.07) is 16.1. The van der Waals surface area contributed by atoms with Crippen LogP contribution >= 0.6 is 0 Å². The number of aryl methyl sites for hydroxylation is 1. The number of anilines is 2. The molecule has 0 aromatic heterocycles. The van der Waals surface area contributed by atoms with Crippen LogP contribution in [0.4, 0.5) is 16.2 Å². The Bertz CT molecular complexity index is 676. The first-order chi connectivity index (χ1) is 11.7. The van der Waals surface area contributed by atoms with Crippen molar-refractivity contribution in [2.75, 3.05) is 23.3 Å². The summed E-state index contributed by atoms with van der Waals surface area (Å²) >= 11 is 0. The Morgan fingerprint density at radius 1 is 1.04 bits per heavy atom. The summed E-state index contributed by atoms with van der Waals surface area (Å²) in [6.45, 7) is 4.83. The molecule has 24 heavy (non-hydrogen) atoms. The fourth-order valence-electron chi connectivity index (χ4n) is 3.09. The first kappa shape index (κ1) is 16.4. The molecule has 2 amide bonds. The van der Waals surface area contributed by atoms with E-state index in [1.54, 1.807) is 0 Å². The molecule has 1 saturated heterocycles. The molecule has 2 N–H and O–H groups in total. The summed E-state index contributed by atoms with van der Waals surface area (Å²) in [6.07, 6.45) is 3.86. The Morgan fingerprint density at radius 2 is 1.79 bits per heavy atom. The molecular weight excluding hydrogens is 298 g/mol. The highest BCUT2D eigenvalue weighted by Gasteiger charge is 2.10. The minimum Gasteiger partial charge on any atom is -0.372 e. The molecule has 1 heterocycles. The highest BCUT2D eigenvalue weighted by molar-refractivity contribution is 5.89. The van der Waals surface area contributed by atoms with Crippen LogP contribution < -0.4 is 15.5 Å². The Balaban J connectivity index is 1.50. The molecule has 1 aliphatic rings. The molecule has 0 atom stereocenters. The second kappa shape index (κ2) is 7.86. The van der Waals surface area contributed by atoms with E-state index in [-0.39, 0.29) is 6.03 Å². The average molecular weight is 323 g/mol. The van der Waals surface area contributed by atoms with Gasteiger partial charge in [-0.2, -0.15) is 0 Å². The quantitative estimate of drug-likeness (QED) is 0.881. The number of rotatable bonds is 4. The summed E-state index contributed by atoms with van der Waals surface area (Å²) in [5, 5.41) is 5.78. The van der Waals surface area contributed by atoms with Crippen molar-refractivity contribution >= 4 is 17.4 Å². The normalized spacial score (nSPS) is 14.3. The van der Waals surface area contributed by atoms with E-state index in [4.69, 9.17) is 0 Å². The zero-order valence-electron chi connectivity index (χ0n) is 14.2. The standard InChI is InChI=1S/C20H25N3O/c1-16-6-5-7-17(14-16)15-21-20(24)22-18-8-10-19(11-9-18)23-12-3-2-4-13-23/h5-11,14H,2-4,12-13,15H2,1H3,(H2,21,22,24). The number of carbonyl (C=O) groups is 1. The predicted octanol–water partition coefficient (Wildman–Crippen LogP) is 4.31. The number of nitrogens with one attached hydrogen (secondary N) is 2. The van der Waals surface area contributed by atoms with Gasteiger partial charge in [-0.15, -0.1) is 0 Å². The molecular formula is C20H25N3O. The maximum atomic E-state index is 12.0. The lowest BCUT2D eigenvalue weighted by atomic mass is 10.1. The van der Waals surface area contributed by atoms with Crippen LogP contribution in [0.25, 0.3) is 0 Å². The van der Waals surface area contributed by atoms with Gasteiger partial charge in [0.05, 0.1) is 0 Å². The second-order valence-electron chi connectivity index (χ2n) is 6.39. The lowest BCUT2D eigenvalue weighted by molar-refractivity contribution is 0.251. The lowest BCUT2D eigenvalue weighted by Crippen LogP contribution is -2.29. The zero-order chi connectivity index (χ0) is 16.8. The molecule has 0 unspecified atom stereocenters. The van der Waals surface area contributed by atoms with Crippen molar-refractivity contribution < 1.29 is 4.79 Å². The highest BCUT2D eigenvalue weighted by Crippen LogP contribution is 2.21. The molecule has 2 aromatic rings. The molecule has 3 rings (SSSR count). The number of hydrogen-bond donors (Lipinski definition) is 2. The van der Waals surface area contributed by atoms with Crippen molar-refractivity contribution in [3.05, 3.63) is 59.7 Å². The van der Waals surface area contributed by atoms with Crippen molar-refractivity contribution in [3.63, 3.8) is 0 Å². The SMILES string of the molecule is Cc1cccc(CNC(=O)Nc2ccc(N3CCCCC3)cc2)c1. The van der Waals surface area contributed by atoms with E-state index in [2.05, 4.69) is 33.7 Å². The van der Waals surface area contributed by atoms with E-state index in [9.17, 15) is 4.79 Å². The van der Waals surface area contributed by atoms with Crippen LogP contribution in [0, 0.1) is 6.92 Å². The predicted molar refractivity (Wildman–Crippen MR) is 99.5 cm³/mol. The monoisotopic (exact) mass is 323 g/mol. The smallest absolute Gasteiger partial charge is 0.319 e. The fraction of sp³-hybridized carbons (Fsp3) is 0.350. The number of nitrogens with zero attached hydrogens (tertiary/aromatic N) is 1. The summed E-state index contributed by atoms with van der Waals surface area (Å²) in [4.78, 5) is 14.4. The average Bonchev–Trinajstić information content (AvgIpc) is 2.61. The van der Waals surface area contributed by atoms with E-state index in [0.717, 1.165) is 24.3 Å². The topological polar surface area (TPSA) is 44.4 Å². The Labute approximate surface area is 143 Å². The summed E-state index contributed by atoms with van der Waals surface area (Å²) < 4.78 is 0. The van der Waals surface area contributed by atoms with Gasteiger partial charge in [0.25, 0.3) is 0 Å². The van der Waals surface area contributed by atoms with Gasteiger partial charge < -0.3 is 15.5 Å². The molecule has 1 aliphatic heterocycles. The maximum absolute atomic E-state index is 12.0. The van der Waals surface area contributed by atoms with Crippen molar-refractivity contribution in [2.45, 2.75) is 32.7 Å². The third-order valence-corrected chi connectivity index (χ3v) is 4.38. The maximum Gasteiger partial charge on any atom is 0.319 e. The van der Waals surface area contributed by atoms with Crippen LogP contribution in [-0.2, 0) is 6.54 Å². The Hall–Kier alpha value is -2.49. The van der Waals surface area contributed by atoms with Gasteiger partial charge in [-0.3, -0.25) is 0 Å². The van der Waals surface area contributed by atoms with Gasteiger partial charge in [0.15, 0.2) is 0 Å². The molecule has 1 fully saturated rings. The van der Waals surface area contributed by atoms with Crippen LogP contribution in [0.2, 0.25) is 0 Å². The first-order valence-corrected chi connectivity index (χ1v) is 8.66. The summed E-state index contributed by atoms with van der Waals surface area (Å²) in [5.41, 5.74) is 4.35. The van der Waals surface area contributed by atoms with Gasteiger partial charge in [-0.1, -0.05) is 29.8 Å². The van der Waals surface area contributed by atoms with Gasteiger partial charge in [0, 0.05) is 31.0 Å². The van der Waals surface area contributed by atoms with Crippen LogP contribution in [0.1, 0.15) is 30.4 Å². The molecule has 4 heteroatoms. The molecule has 0 bridgehead atoms. The molecule has 0 saturated carbocycles. The van der Waals surface area contributed by atoms with Gasteiger partial charge in [-0.25, -0.2) is 4.79 Å². The number of benzene rings is 2. The van der Waals surface area contributed by atoms with E-state index >= 15 is 0 Å². The van der Waals surface area contributed by atoms with Gasteiger partial charge in [0.2, 0.25) is 0 Å². The Morgan fingerprint density at radius 3 is 2.50 bits per heavy atom. The number of urea groups is 1. The van der Waals surface area contributed by atoms with E-state index < -0.39 is 0 Å². The van der Waals surface area contributed by atoms with Crippen molar-refractivity contribution in [1.29, 1.82) is 0 Å². The van der Waals surface area contributed by atoms with Crippen LogP contribution in [0.5, 0.6) is 0 Å². The van der Waals surface area contributed by atoms with E-state index in [0.29, 0.717) is 6.54 Å². The van der Waals surface area contributed by atoms with Crippen LogP contribution in [0.15, 0.2) is 48.5 Å². The molecule has 2 aromatic carbocycles. The molecule has 0 spiro atoms. The van der Waals surface area contributed by atoms with Crippen molar-refractivity contribution in [1.82, 2.24) is 5.32 Å². The summed E-state index contributed by atoms with van der Waals surface area (Å²) in [7, 11) is 0. The minimum atomic E-state index is -0.178. The largest absolute Gasteiger partial charge is 0.372 e. The van der Waals surface area contributed by atoms with Crippen molar-refractivity contribution in [3.8, 4) is 0 Å². The Kier molecular flexibility index (Phi) is 5.36. The lowest BCUT2D eigenvalue weighted by Gasteiger charge is -2.28. The molecule has 126 valence electrons. The molecule has 0 aliphatic carbocycles. The van der Waals surface area contributed by atoms with Crippen LogP contribution in [0.3, 0.4) is 0 Å². The third kappa shape index (κ3) is 4.51. The third-order valence-electron chi connectivity index (χ3n) is 4.38. The molecule has 0 radical (unpaired) electrons. The van der Waals surface area contributed by atoms with Gasteiger partial charge in [-0.05, 0) is 56.0 Å². The van der Waals surface area contributed by atoms with E-state index in [1.807, 2.05) is 37.3 Å². The summed E-state index contributed by atoms with van der Waals surface area (Å²) in [5.74, 6) is 0. The van der Waals surface area contributed by atoms with Crippen molar-refractivity contribution in [2.24, 2.45) is 0 Å². The van der Waals surface area contributed by atoms with Gasteiger partial charge >= 0.3 is 6.03 Å². The zero-order valence-corrected chi connectivity index (χ0v) is 14.2. The van der Waals surface area contributed by atoms with E-state index in [1.165, 1.54) is 30.5 Å². The fourth-order valence-corrected chi connectivity index (χ4v) is 3.09. The number of piperidine rings is 1. The van der Waals surface area contributed by atoms with Crippen LogP contribution in [-0.4, -0.2) is 19.1 Å².